The first-order valence-corrected chi connectivity index (χ1v) is 6.18. The SMILES string of the molecule is CCC(NC)C(C)N(C)CC1CCCO1. The number of hydrogen-bond acceptors (Lipinski definition) is 3. The quantitative estimate of drug-likeness (QED) is 0.725. The fraction of sp³-hybridized carbons (Fsp3) is 1.00. The number of nitrogens with one attached hydrogen (secondary N) is 1. The molecule has 0 amide bonds. The van der Waals surface area contributed by atoms with Crippen LogP contribution in [0.25, 0.3) is 0 Å². The summed E-state index contributed by atoms with van der Waals surface area (Å²) in [6, 6.07) is 1.15. The zero-order valence-corrected chi connectivity index (χ0v) is 10.6. The van der Waals surface area contributed by atoms with Crippen LogP contribution in [0.4, 0.5) is 0 Å². The van der Waals surface area contributed by atoms with E-state index in [-0.39, 0.29) is 0 Å². The molecule has 0 aromatic carbocycles. The molecular weight excluding hydrogens is 188 g/mol. The van der Waals surface area contributed by atoms with Crippen LogP contribution in [0.2, 0.25) is 0 Å². The smallest absolute Gasteiger partial charge is 0.0702 e. The first-order valence-electron chi connectivity index (χ1n) is 6.18. The zero-order chi connectivity index (χ0) is 11.3. The number of rotatable bonds is 6. The summed E-state index contributed by atoms with van der Waals surface area (Å²) >= 11 is 0. The van der Waals surface area contributed by atoms with Gasteiger partial charge in [-0.1, -0.05) is 6.92 Å². The molecule has 1 N–H and O–H groups in total. The van der Waals surface area contributed by atoms with E-state index in [0.29, 0.717) is 18.2 Å². The normalized spacial score (nSPS) is 25.8. The van der Waals surface area contributed by atoms with E-state index in [2.05, 4.69) is 31.1 Å². The Bertz CT molecular complexity index is 165. The van der Waals surface area contributed by atoms with E-state index < -0.39 is 0 Å². The average molecular weight is 214 g/mol. The molecule has 3 atom stereocenters. The molecule has 1 fully saturated rings. The van der Waals surface area contributed by atoms with Crippen LogP contribution in [0, 0.1) is 0 Å². The third-order valence-electron chi connectivity index (χ3n) is 3.60. The van der Waals surface area contributed by atoms with Crippen molar-refractivity contribution in [1.82, 2.24) is 10.2 Å². The summed E-state index contributed by atoms with van der Waals surface area (Å²) < 4.78 is 5.66. The van der Waals surface area contributed by atoms with Gasteiger partial charge < -0.3 is 10.1 Å². The molecule has 90 valence electrons. The van der Waals surface area contributed by atoms with Crippen molar-refractivity contribution in [3.8, 4) is 0 Å². The van der Waals surface area contributed by atoms with Gasteiger partial charge in [0.15, 0.2) is 0 Å². The van der Waals surface area contributed by atoms with Gasteiger partial charge in [0.05, 0.1) is 6.10 Å². The lowest BCUT2D eigenvalue weighted by molar-refractivity contribution is 0.0642. The Labute approximate surface area is 94.2 Å². The highest BCUT2D eigenvalue weighted by Gasteiger charge is 2.23. The van der Waals surface area contributed by atoms with E-state index >= 15 is 0 Å². The topological polar surface area (TPSA) is 24.5 Å². The lowest BCUT2D eigenvalue weighted by Crippen LogP contribution is -2.47. The van der Waals surface area contributed by atoms with Gasteiger partial charge in [0.1, 0.15) is 0 Å². The fourth-order valence-electron chi connectivity index (χ4n) is 2.37. The van der Waals surface area contributed by atoms with Crippen LogP contribution in [-0.2, 0) is 4.74 Å². The summed E-state index contributed by atoms with van der Waals surface area (Å²) in [5, 5.41) is 3.37. The minimum Gasteiger partial charge on any atom is -0.377 e. The van der Waals surface area contributed by atoms with Crippen LogP contribution in [-0.4, -0.2) is 50.3 Å². The monoisotopic (exact) mass is 214 g/mol. The van der Waals surface area contributed by atoms with Crippen molar-refractivity contribution in [2.24, 2.45) is 0 Å². The Hall–Kier alpha value is -0.120. The molecule has 0 radical (unpaired) electrons. The van der Waals surface area contributed by atoms with E-state index in [1.54, 1.807) is 0 Å². The third-order valence-corrected chi connectivity index (χ3v) is 3.60. The van der Waals surface area contributed by atoms with Crippen molar-refractivity contribution in [2.75, 3.05) is 27.2 Å². The van der Waals surface area contributed by atoms with Crippen molar-refractivity contribution >= 4 is 0 Å². The second-order valence-electron chi connectivity index (χ2n) is 4.62. The Kier molecular flexibility index (Phi) is 5.58. The van der Waals surface area contributed by atoms with E-state index in [1.165, 1.54) is 19.3 Å². The first-order chi connectivity index (χ1) is 7.19. The maximum absolute atomic E-state index is 5.66. The molecule has 0 aromatic rings. The van der Waals surface area contributed by atoms with Gasteiger partial charge in [0.25, 0.3) is 0 Å². The number of likely N-dealkylation sites (N-methyl/N-ethyl adjacent to an activating group) is 2. The second kappa shape index (κ2) is 6.46. The van der Waals surface area contributed by atoms with Crippen LogP contribution >= 0.6 is 0 Å². The van der Waals surface area contributed by atoms with Gasteiger partial charge in [-0.15, -0.1) is 0 Å². The number of hydrogen-bond donors (Lipinski definition) is 1. The summed E-state index contributed by atoms with van der Waals surface area (Å²) in [6.07, 6.45) is 4.10. The zero-order valence-electron chi connectivity index (χ0n) is 10.6. The highest BCUT2D eigenvalue weighted by molar-refractivity contribution is 4.80. The molecule has 1 aliphatic rings. The Morgan fingerprint density at radius 3 is 2.73 bits per heavy atom. The van der Waals surface area contributed by atoms with Crippen LogP contribution in [0.5, 0.6) is 0 Å². The number of nitrogens with zero attached hydrogens (tertiary/aromatic N) is 1. The first kappa shape index (κ1) is 12.9. The molecular formula is C12H26N2O. The highest BCUT2D eigenvalue weighted by atomic mass is 16.5. The van der Waals surface area contributed by atoms with E-state index in [4.69, 9.17) is 4.74 Å². The lowest BCUT2D eigenvalue weighted by Gasteiger charge is -2.32. The van der Waals surface area contributed by atoms with Crippen molar-refractivity contribution in [3.05, 3.63) is 0 Å². The second-order valence-corrected chi connectivity index (χ2v) is 4.62. The van der Waals surface area contributed by atoms with Crippen LogP contribution in [0.3, 0.4) is 0 Å². The molecule has 15 heavy (non-hydrogen) atoms. The molecule has 1 aliphatic heterocycles. The molecule has 3 nitrogen and oxygen atoms in total. The molecule has 1 heterocycles. The van der Waals surface area contributed by atoms with E-state index in [9.17, 15) is 0 Å². The molecule has 0 spiro atoms. The summed E-state index contributed by atoms with van der Waals surface area (Å²) in [5.74, 6) is 0. The van der Waals surface area contributed by atoms with Crippen molar-refractivity contribution in [2.45, 2.75) is 51.3 Å². The Morgan fingerprint density at radius 1 is 1.53 bits per heavy atom. The Morgan fingerprint density at radius 2 is 2.27 bits per heavy atom. The van der Waals surface area contributed by atoms with Gasteiger partial charge in [-0.2, -0.15) is 0 Å². The van der Waals surface area contributed by atoms with Gasteiger partial charge in [0, 0.05) is 25.2 Å². The maximum atomic E-state index is 5.66. The lowest BCUT2D eigenvalue weighted by atomic mass is 10.1. The minimum absolute atomic E-state index is 0.465. The molecule has 0 saturated carbocycles. The van der Waals surface area contributed by atoms with Gasteiger partial charge in [-0.05, 0) is 40.3 Å². The predicted molar refractivity (Wildman–Crippen MR) is 64.2 cm³/mol. The molecule has 0 aromatic heterocycles. The van der Waals surface area contributed by atoms with Gasteiger partial charge in [-0.25, -0.2) is 0 Å². The molecule has 0 aliphatic carbocycles. The van der Waals surface area contributed by atoms with Crippen LogP contribution < -0.4 is 5.32 Å². The average Bonchev–Trinajstić information content (AvgIpc) is 2.72. The minimum atomic E-state index is 0.465. The fourth-order valence-corrected chi connectivity index (χ4v) is 2.37. The van der Waals surface area contributed by atoms with Crippen molar-refractivity contribution in [3.63, 3.8) is 0 Å². The summed E-state index contributed by atoms with van der Waals surface area (Å²) in [5.41, 5.74) is 0. The van der Waals surface area contributed by atoms with Crippen molar-refractivity contribution < 1.29 is 4.74 Å². The third kappa shape index (κ3) is 3.74. The molecule has 1 saturated heterocycles. The standard InChI is InChI=1S/C12H26N2O/c1-5-12(13-3)10(2)14(4)9-11-7-6-8-15-11/h10-13H,5-9H2,1-4H3. The highest BCUT2D eigenvalue weighted by Crippen LogP contribution is 2.15. The van der Waals surface area contributed by atoms with Crippen LogP contribution in [0.15, 0.2) is 0 Å². The predicted octanol–water partition coefficient (Wildman–Crippen LogP) is 1.48. The molecule has 1 rings (SSSR count). The summed E-state index contributed by atoms with van der Waals surface area (Å²) in [6.45, 7) is 6.55. The Balaban J connectivity index is 2.33. The number of ether oxygens (including phenoxy) is 1. The van der Waals surface area contributed by atoms with Crippen molar-refractivity contribution in [1.29, 1.82) is 0 Å². The van der Waals surface area contributed by atoms with E-state index in [0.717, 1.165) is 13.2 Å². The largest absolute Gasteiger partial charge is 0.377 e. The summed E-state index contributed by atoms with van der Waals surface area (Å²) in [4.78, 5) is 2.42. The summed E-state index contributed by atoms with van der Waals surface area (Å²) in [7, 11) is 4.25. The van der Waals surface area contributed by atoms with Gasteiger partial charge >= 0.3 is 0 Å². The molecule has 3 unspecified atom stereocenters. The molecule has 0 bridgehead atoms. The van der Waals surface area contributed by atoms with Gasteiger partial charge in [-0.3, -0.25) is 4.90 Å². The maximum Gasteiger partial charge on any atom is 0.0702 e. The van der Waals surface area contributed by atoms with Gasteiger partial charge in [0.2, 0.25) is 0 Å². The van der Waals surface area contributed by atoms with E-state index in [1.807, 2.05) is 7.05 Å². The van der Waals surface area contributed by atoms with Crippen LogP contribution in [0.1, 0.15) is 33.1 Å². The molecule has 3 heteroatoms.